The molecule has 0 unspecified atom stereocenters. The van der Waals surface area contributed by atoms with Crippen LogP contribution in [0.5, 0.6) is 5.75 Å². The number of esters is 1. The molecule has 0 aliphatic heterocycles. The number of amides is 1. The highest BCUT2D eigenvalue weighted by Crippen LogP contribution is 2.30. The van der Waals surface area contributed by atoms with Crippen LogP contribution in [-0.2, 0) is 15.7 Å². The van der Waals surface area contributed by atoms with Gasteiger partial charge in [-0.2, -0.15) is 23.4 Å². The molecule has 3 aromatic rings. The summed E-state index contributed by atoms with van der Waals surface area (Å²) in [5.41, 5.74) is 1.21. The van der Waals surface area contributed by atoms with E-state index < -0.39 is 17.7 Å². The summed E-state index contributed by atoms with van der Waals surface area (Å²) >= 11 is 0. The van der Waals surface area contributed by atoms with Crippen molar-refractivity contribution in [1.82, 2.24) is 0 Å². The molecule has 0 fully saturated rings. The number of carbonyl (C=O) groups excluding carboxylic acids is 2. The number of alkyl halides is 3. The molecule has 0 spiro atoms. The average Bonchev–Trinajstić information content (AvgIpc) is 2.86. The van der Waals surface area contributed by atoms with Crippen LogP contribution in [-0.4, -0.2) is 25.1 Å². The maximum atomic E-state index is 12.6. The second kappa shape index (κ2) is 11.8. The normalized spacial score (nSPS) is 11.2. The van der Waals surface area contributed by atoms with Crippen molar-refractivity contribution in [3.8, 4) is 5.75 Å². The number of hydrogen-bond acceptors (Lipinski definition) is 6. The molecule has 0 aromatic heterocycles. The first-order valence-electron chi connectivity index (χ1n) is 10.7. The highest BCUT2D eigenvalue weighted by molar-refractivity contribution is 6.04. The molecule has 3 rings (SSSR count). The minimum absolute atomic E-state index is 0.0772. The lowest BCUT2D eigenvalue weighted by Gasteiger charge is -2.09. The van der Waals surface area contributed by atoms with Gasteiger partial charge in [-0.3, -0.25) is 4.79 Å². The van der Waals surface area contributed by atoms with E-state index in [4.69, 9.17) is 9.47 Å². The number of rotatable bonds is 9. The van der Waals surface area contributed by atoms with Crippen LogP contribution in [0.25, 0.3) is 0 Å². The zero-order valence-electron chi connectivity index (χ0n) is 19.2. The average molecular weight is 497 g/mol. The first-order chi connectivity index (χ1) is 17.1. The van der Waals surface area contributed by atoms with Crippen molar-refractivity contribution >= 4 is 28.9 Å². The van der Waals surface area contributed by atoms with E-state index in [2.05, 4.69) is 22.1 Å². The fourth-order valence-corrected chi connectivity index (χ4v) is 2.77. The third-order valence-electron chi connectivity index (χ3n) is 4.65. The molecule has 0 bridgehead atoms. The van der Waals surface area contributed by atoms with Gasteiger partial charge in [0.1, 0.15) is 19.0 Å². The molecule has 0 saturated carbocycles. The van der Waals surface area contributed by atoms with E-state index >= 15 is 0 Å². The molecule has 1 amide bonds. The third-order valence-corrected chi connectivity index (χ3v) is 4.65. The Morgan fingerprint density at radius 1 is 0.861 bits per heavy atom. The Morgan fingerprint density at radius 3 is 1.94 bits per heavy atom. The Labute approximate surface area is 205 Å². The fraction of sp³-hybridized carbons (Fsp3) is 0.154. The van der Waals surface area contributed by atoms with Crippen molar-refractivity contribution in [3.05, 3.63) is 96.1 Å². The summed E-state index contributed by atoms with van der Waals surface area (Å²) in [5, 5.41) is 10.7. The number of hydrogen-bond donors (Lipinski definition) is 1. The second-order valence-electron chi connectivity index (χ2n) is 7.53. The van der Waals surface area contributed by atoms with E-state index in [1.807, 2.05) is 0 Å². The lowest BCUT2D eigenvalue weighted by Crippen LogP contribution is -2.13. The Kier molecular flexibility index (Phi) is 8.56. The van der Waals surface area contributed by atoms with E-state index in [9.17, 15) is 22.8 Å². The predicted molar refractivity (Wildman–Crippen MR) is 128 cm³/mol. The standard InChI is InChI=1S/C26H22F3N3O4/c1-17(2)25(34)36-16-15-35-23-13-3-18(4-14-23)24(33)30-20-9-11-22(12-10-20)32-31-21-7-5-19(6-8-21)26(27,28)29/h3-14H,1,15-16H2,2H3,(H,30,33)/b32-31+. The molecular formula is C26H22F3N3O4. The number of halogens is 3. The van der Waals surface area contributed by atoms with Crippen molar-refractivity contribution in [2.24, 2.45) is 10.2 Å². The van der Waals surface area contributed by atoms with Gasteiger partial charge in [0.05, 0.1) is 16.9 Å². The topological polar surface area (TPSA) is 89.3 Å². The molecule has 7 nitrogen and oxygen atoms in total. The number of nitrogens with one attached hydrogen (secondary N) is 1. The van der Waals surface area contributed by atoms with Crippen LogP contribution in [0.4, 0.5) is 30.2 Å². The van der Waals surface area contributed by atoms with Gasteiger partial charge < -0.3 is 14.8 Å². The Balaban J connectivity index is 1.49. The Morgan fingerprint density at radius 2 is 1.42 bits per heavy atom. The van der Waals surface area contributed by atoms with E-state index in [0.29, 0.717) is 28.3 Å². The van der Waals surface area contributed by atoms with Gasteiger partial charge in [-0.1, -0.05) is 6.58 Å². The van der Waals surface area contributed by atoms with Crippen LogP contribution in [0, 0.1) is 0 Å². The van der Waals surface area contributed by atoms with Crippen molar-refractivity contribution in [3.63, 3.8) is 0 Å². The van der Waals surface area contributed by atoms with E-state index in [0.717, 1.165) is 12.1 Å². The summed E-state index contributed by atoms with van der Waals surface area (Å²) in [6, 6.07) is 17.3. The first kappa shape index (κ1) is 26.1. The SMILES string of the molecule is C=C(C)C(=O)OCCOc1ccc(C(=O)Nc2ccc(/N=N/c3ccc(C(F)(F)F)cc3)cc2)cc1. The largest absolute Gasteiger partial charge is 0.490 e. The molecule has 0 radical (unpaired) electrons. The van der Waals surface area contributed by atoms with Crippen LogP contribution in [0.3, 0.4) is 0 Å². The number of carbonyl (C=O) groups is 2. The van der Waals surface area contributed by atoms with Crippen LogP contribution >= 0.6 is 0 Å². The molecular weight excluding hydrogens is 475 g/mol. The minimum Gasteiger partial charge on any atom is -0.490 e. The van der Waals surface area contributed by atoms with Crippen molar-refractivity contribution in [1.29, 1.82) is 0 Å². The number of azo groups is 1. The van der Waals surface area contributed by atoms with Crippen LogP contribution in [0.15, 0.2) is 95.2 Å². The number of ether oxygens (including phenoxy) is 2. The van der Waals surface area contributed by atoms with E-state index in [-0.39, 0.29) is 24.8 Å². The molecule has 3 aromatic carbocycles. The lowest BCUT2D eigenvalue weighted by molar-refractivity contribution is -0.139. The zero-order valence-corrected chi connectivity index (χ0v) is 19.2. The molecule has 0 aliphatic rings. The maximum absolute atomic E-state index is 12.6. The van der Waals surface area contributed by atoms with Gasteiger partial charge in [0.25, 0.3) is 5.91 Å². The number of benzene rings is 3. The van der Waals surface area contributed by atoms with Crippen molar-refractivity contribution in [2.45, 2.75) is 13.1 Å². The summed E-state index contributed by atoms with van der Waals surface area (Å²) in [6.07, 6.45) is -4.41. The summed E-state index contributed by atoms with van der Waals surface area (Å²) in [5.74, 6) is -0.308. The van der Waals surface area contributed by atoms with Gasteiger partial charge in [-0.15, -0.1) is 0 Å². The van der Waals surface area contributed by atoms with Crippen molar-refractivity contribution in [2.75, 3.05) is 18.5 Å². The molecule has 36 heavy (non-hydrogen) atoms. The summed E-state index contributed by atoms with van der Waals surface area (Å²) < 4.78 is 48.3. The Bertz CT molecular complexity index is 1240. The minimum atomic E-state index is -4.41. The third kappa shape index (κ3) is 7.79. The van der Waals surface area contributed by atoms with Gasteiger partial charge in [-0.25, -0.2) is 4.79 Å². The van der Waals surface area contributed by atoms with E-state index in [1.54, 1.807) is 55.5 Å². The number of anilines is 1. The van der Waals surface area contributed by atoms with Gasteiger partial charge in [0.15, 0.2) is 0 Å². The molecule has 0 aliphatic carbocycles. The smallest absolute Gasteiger partial charge is 0.416 e. The predicted octanol–water partition coefficient (Wildman–Crippen LogP) is 6.87. The van der Waals surface area contributed by atoms with E-state index in [1.165, 1.54) is 12.1 Å². The zero-order chi connectivity index (χ0) is 26.1. The lowest BCUT2D eigenvalue weighted by atomic mass is 10.2. The van der Waals surface area contributed by atoms with Crippen LogP contribution in [0.2, 0.25) is 0 Å². The number of nitrogens with zero attached hydrogens (tertiary/aromatic N) is 2. The molecule has 1 N–H and O–H groups in total. The molecule has 0 atom stereocenters. The van der Waals surface area contributed by atoms with Gasteiger partial charge in [0.2, 0.25) is 0 Å². The summed E-state index contributed by atoms with van der Waals surface area (Å²) in [7, 11) is 0. The monoisotopic (exact) mass is 497 g/mol. The summed E-state index contributed by atoms with van der Waals surface area (Å²) in [4.78, 5) is 23.8. The highest BCUT2D eigenvalue weighted by Gasteiger charge is 2.29. The van der Waals surface area contributed by atoms with Crippen LogP contribution in [0.1, 0.15) is 22.8 Å². The molecule has 186 valence electrons. The van der Waals surface area contributed by atoms with Gasteiger partial charge in [0, 0.05) is 16.8 Å². The van der Waals surface area contributed by atoms with Crippen molar-refractivity contribution < 1.29 is 32.2 Å². The Hall–Kier alpha value is -4.47. The molecule has 0 saturated heterocycles. The summed E-state index contributed by atoms with van der Waals surface area (Å²) in [6.45, 7) is 5.28. The quantitative estimate of drug-likeness (QED) is 0.151. The van der Waals surface area contributed by atoms with Crippen LogP contribution < -0.4 is 10.1 Å². The molecule has 0 heterocycles. The van der Waals surface area contributed by atoms with Gasteiger partial charge in [-0.05, 0) is 79.7 Å². The first-order valence-corrected chi connectivity index (χ1v) is 10.7. The van der Waals surface area contributed by atoms with Gasteiger partial charge >= 0.3 is 12.1 Å². The highest BCUT2D eigenvalue weighted by atomic mass is 19.4. The maximum Gasteiger partial charge on any atom is 0.416 e. The second-order valence-corrected chi connectivity index (χ2v) is 7.53. The fourth-order valence-electron chi connectivity index (χ4n) is 2.77. The molecule has 10 heteroatoms.